The molecule has 3 rings (SSSR count). The van der Waals surface area contributed by atoms with E-state index in [1.807, 2.05) is 0 Å². The van der Waals surface area contributed by atoms with Crippen molar-refractivity contribution >= 4 is 12.0 Å². The lowest BCUT2D eigenvalue weighted by molar-refractivity contribution is 0.0920. The Bertz CT molecular complexity index is 788. The van der Waals surface area contributed by atoms with Gasteiger partial charge in [0.05, 0.1) is 31.2 Å². The van der Waals surface area contributed by atoms with Crippen LogP contribution in [0, 0.1) is 0 Å². The van der Waals surface area contributed by atoms with Crippen molar-refractivity contribution in [2.75, 3.05) is 32.1 Å². The number of methoxy groups -OCH3 is 1. The first-order chi connectivity index (χ1) is 13.7. The highest BCUT2D eigenvalue weighted by Gasteiger charge is 2.25. The molecule has 1 aliphatic rings. The van der Waals surface area contributed by atoms with E-state index in [4.69, 9.17) is 9.47 Å². The van der Waals surface area contributed by atoms with Gasteiger partial charge in [-0.1, -0.05) is 13.3 Å². The smallest absolute Gasteiger partial charge is 0.409 e. The number of rotatable bonds is 7. The Hall–Kier alpha value is -2.97. The number of nitrogens with zero attached hydrogens (tertiary/aromatic N) is 5. The van der Waals surface area contributed by atoms with Crippen LogP contribution in [0.5, 0.6) is 5.88 Å². The Kier molecular flexibility index (Phi) is 6.94. The third-order valence-corrected chi connectivity index (χ3v) is 4.55. The fourth-order valence-electron chi connectivity index (χ4n) is 3.08. The van der Waals surface area contributed by atoms with E-state index >= 15 is 0 Å². The van der Waals surface area contributed by atoms with Crippen LogP contribution in [-0.2, 0) is 4.74 Å². The summed E-state index contributed by atoms with van der Waals surface area (Å²) in [6.45, 7) is 3.82. The SMILES string of the molecule is CCCCOC(=O)N1CCCC(Nc2nccc(-c3ccnnc3OC)n2)C1. The molecule has 0 saturated carbocycles. The molecule has 0 bridgehead atoms. The van der Waals surface area contributed by atoms with Crippen molar-refractivity contribution in [2.45, 2.75) is 38.6 Å². The largest absolute Gasteiger partial charge is 0.479 e. The zero-order valence-electron chi connectivity index (χ0n) is 16.3. The molecular weight excluding hydrogens is 360 g/mol. The van der Waals surface area contributed by atoms with Gasteiger partial charge in [0.25, 0.3) is 0 Å². The van der Waals surface area contributed by atoms with E-state index in [0.717, 1.165) is 31.2 Å². The fourth-order valence-corrected chi connectivity index (χ4v) is 3.08. The van der Waals surface area contributed by atoms with Gasteiger partial charge >= 0.3 is 6.09 Å². The van der Waals surface area contributed by atoms with Crippen LogP contribution in [0.25, 0.3) is 11.3 Å². The van der Waals surface area contributed by atoms with Gasteiger partial charge < -0.3 is 19.7 Å². The molecule has 1 aliphatic heterocycles. The second-order valence-corrected chi connectivity index (χ2v) is 6.62. The van der Waals surface area contributed by atoms with Crippen LogP contribution in [0.4, 0.5) is 10.7 Å². The molecule has 1 N–H and O–H groups in total. The Morgan fingerprint density at radius 2 is 2.25 bits per heavy atom. The van der Waals surface area contributed by atoms with Crippen LogP contribution >= 0.6 is 0 Å². The molecule has 150 valence electrons. The van der Waals surface area contributed by atoms with Gasteiger partial charge in [0.2, 0.25) is 11.8 Å². The van der Waals surface area contributed by atoms with Crippen LogP contribution in [-0.4, -0.2) is 64.0 Å². The number of aromatic nitrogens is 4. The minimum absolute atomic E-state index is 0.0696. The Morgan fingerprint density at radius 3 is 3.07 bits per heavy atom. The standard InChI is InChI=1S/C19H26N6O3/c1-3-4-12-28-19(26)25-11-5-6-14(13-25)22-18-20-9-8-16(23-18)15-7-10-21-24-17(15)27-2/h7-10,14H,3-6,11-13H2,1-2H3,(H,20,22,23). The van der Waals surface area contributed by atoms with E-state index in [0.29, 0.717) is 37.2 Å². The number of piperidine rings is 1. The Labute approximate surface area is 164 Å². The zero-order valence-corrected chi connectivity index (χ0v) is 16.3. The van der Waals surface area contributed by atoms with Crippen molar-refractivity contribution in [1.82, 2.24) is 25.1 Å². The van der Waals surface area contributed by atoms with Gasteiger partial charge in [0.15, 0.2) is 0 Å². The molecule has 28 heavy (non-hydrogen) atoms. The summed E-state index contributed by atoms with van der Waals surface area (Å²) in [5.74, 6) is 0.911. The van der Waals surface area contributed by atoms with Crippen LogP contribution in [0.2, 0.25) is 0 Å². The molecule has 0 radical (unpaired) electrons. The number of anilines is 1. The molecular formula is C19H26N6O3. The van der Waals surface area contributed by atoms with Gasteiger partial charge in [-0.15, -0.1) is 5.10 Å². The summed E-state index contributed by atoms with van der Waals surface area (Å²) < 4.78 is 10.6. The molecule has 1 amide bonds. The first-order valence-corrected chi connectivity index (χ1v) is 9.58. The van der Waals surface area contributed by atoms with Gasteiger partial charge in [-0.25, -0.2) is 14.8 Å². The molecule has 1 unspecified atom stereocenters. The predicted octanol–water partition coefficient (Wildman–Crippen LogP) is 2.76. The van der Waals surface area contributed by atoms with Crippen molar-refractivity contribution in [3.8, 4) is 17.1 Å². The number of ether oxygens (including phenoxy) is 2. The van der Waals surface area contributed by atoms with Crippen molar-refractivity contribution in [3.05, 3.63) is 24.5 Å². The molecule has 1 fully saturated rings. The summed E-state index contributed by atoms with van der Waals surface area (Å²) in [6, 6.07) is 3.66. The number of unbranched alkanes of at least 4 members (excludes halogenated alkanes) is 1. The molecule has 0 aromatic carbocycles. The molecule has 9 heteroatoms. The summed E-state index contributed by atoms with van der Waals surface area (Å²) in [7, 11) is 1.55. The fraction of sp³-hybridized carbons (Fsp3) is 0.526. The van der Waals surface area contributed by atoms with E-state index in [1.165, 1.54) is 0 Å². The van der Waals surface area contributed by atoms with Crippen LogP contribution in [0.15, 0.2) is 24.5 Å². The van der Waals surface area contributed by atoms with E-state index in [1.54, 1.807) is 36.5 Å². The molecule has 0 aliphatic carbocycles. The number of nitrogens with one attached hydrogen (secondary N) is 1. The summed E-state index contributed by atoms with van der Waals surface area (Å²) in [6.07, 6.45) is 6.76. The minimum Gasteiger partial charge on any atom is -0.479 e. The lowest BCUT2D eigenvalue weighted by Crippen LogP contribution is -2.45. The van der Waals surface area contributed by atoms with Gasteiger partial charge in [0, 0.05) is 25.3 Å². The van der Waals surface area contributed by atoms with Gasteiger partial charge in [-0.05, 0) is 31.4 Å². The number of carbonyl (C=O) groups is 1. The van der Waals surface area contributed by atoms with Crippen molar-refractivity contribution in [3.63, 3.8) is 0 Å². The van der Waals surface area contributed by atoms with Crippen molar-refractivity contribution in [1.29, 1.82) is 0 Å². The summed E-state index contributed by atoms with van der Waals surface area (Å²) >= 11 is 0. The first kappa shape index (κ1) is 19.8. The van der Waals surface area contributed by atoms with Crippen LogP contribution in [0.3, 0.4) is 0 Å². The van der Waals surface area contributed by atoms with Crippen LogP contribution in [0.1, 0.15) is 32.6 Å². The minimum atomic E-state index is -0.248. The third kappa shape index (κ3) is 5.05. The molecule has 1 atom stereocenters. The van der Waals surface area contributed by atoms with Gasteiger partial charge in [-0.2, -0.15) is 5.10 Å². The highest BCUT2D eigenvalue weighted by atomic mass is 16.6. The van der Waals surface area contributed by atoms with Gasteiger partial charge in [-0.3, -0.25) is 0 Å². The lowest BCUT2D eigenvalue weighted by Gasteiger charge is -2.32. The lowest BCUT2D eigenvalue weighted by atomic mass is 10.1. The number of likely N-dealkylation sites (tertiary alicyclic amines) is 1. The number of amides is 1. The molecule has 1 saturated heterocycles. The summed E-state index contributed by atoms with van der Waals surface area (Å²) in [5, 5.41) is 11.1. The molecule has 2 aromatic rings. The average Bonchev–Trinajstić information content (AvgIpc) is 2.74. The average molecular weight is 386 g/mol. The maximum atomic E-state index is 12.2. The molecule has 0 spiro atoms. The molecule has 3 heterocycles. The molecule has 9 nitrogen and oxygen atoms in total. The monoisotopic (exact) mass is 386 g/mol. The Morgan fingerprint density at radius 1 is 1.36 bits per heavy atom. The van der Waals surface area contributed by atoms with E-state index < -0.39 is 0 Å². The number of hydrogen-bond acceptors (Lipinski definition) is 8. The van der Waals surface area contributed by atoms with Crippen molar-refractivity contribution in [2.24, 2.45) is 0 Å². The summed E-state index contributed by atoms with van der Waals surface area (Å²) in [5.41, 5.74) is 1.43. The summed E-state index contributed by atoms with van der Waals surface area (Å²) in [4.78, 5) is 22.8. The Balaban J connectivity index is 1.64. The molecule has 2 aromatic heterocycles. The predicted molar refractivity (Wildman–Crippen MR) is 104 cm³/mol. The second kappa shape index (κ2) is 9.82. The first-order valence-electron chi connectivity index (χ1n) is 9.58. The number of carbonyl (C=O) groups excluding carboxylic acids is 1. The quantitative estimate of drug-likeness (QED) is 0.725. The van der Waals surface area contributed by atoms with E-state index in [9.17, 15) is 4.79 Å². The zero-order chi connectivity index (χ0) is 19.8. The van der Waals surface area contributed by atoms with E-state index in [-0.39, 0.29) is 12.1 Å². The highest BCUT2D eigenvalue weighted by molar-refractivity contribution is 5.68. The van der Waals surface area contributed by atoms with E-state index in [2.05, 4.69) is 32.4 Å². The highest BCUT2D eigenvalue weighted by Crippen LogP contribution is 2.25. The normalized spacial score (nSPS) is 16.5. The van der Waals surface area contributed by atoms with Crippen LogP contribution < -0.4 is 10.1 Å². The second-order valence-electron chi connectivity index (χ2n) is 6.62. The maximum absolute atomic E-state index is 12.2. The third-order valence-electron chi connectivity index (χ3n) is 4.55. The maximum Gasteiger partial charge on any atom is 0.409 e. The number of hydrogen-bond donors (Lipinski definition) is 1. The van der Waals surface area contributed by atoms with Crippen molar-refractivity contribution < 1.29 is 14.3 Å². The topological polar surface area (TPSA) is 102 Å². The van der Waals surface area contributed by atoms with Gasteiger partial charge in [0.1, 0.15) is 0 Å².